The number of carbonyl (C=O) groups excluding carboxylic acids is 1. The fraction of sp³-hybridized carbons (Fsp3) is 0.143. The summed E-state index contributed by atoms with van der Waals surface area (Å²) >= 11 is 0. The first-order chi connectivity index (χ1) is 7.58. The molecule has 80 valence electrons. The molecule has 1 heterocycles. The first kappa shape index (κ1) is 10.5. The number of amides is 1. The molecule has 2 rings (SSSR count). The minimum absolute atomic E-state index is 0.0995. The Kier molecular flexibility index (Phi) is 2.51. The Bertz CT molecular complexity index is 493. The normalized spacial score (nSPS) is 14.8. The Morgan fingerprint density at radius 2 is 1.75 bits per heavy atom. The SMILES string of the molecule is C=C1C=C=CC(=O)N1c1cc(C)cc(C)c1. The number of nitrogens with zero attached hydrogens (tertiary/aromatic N) is 1. The summed E-state index contributed by atoms with van der Waals surface area (Å²) in [5, 5.41) is 0. The standard InChI is InChI=1S/C14H13NO/c1-10-7-11(2)9-13(8-10)15-12(3)5-4-6-14(15)16/h5-9H,3H2,1-2H3. The summed E-state index contributed by atoms with van der Waals surface area (Å²) in [4.78, 5) is 13.3. The van der Waals surface area contributed by atoms with Gasteiger partial charge in [-0.1, -0.05) is 12.6 Å². The quantitative estimate of drug-likeness (QED) is 0.654. The molecule has 1 aromatic rings. The summed E-state index contributed by atoms with van der Waals surface area (Å²) in [5.41, 5.74) is 6.55. The minimum Gasteiger partial charge on any atom is -0.277 e. The smallest absolute Gasteiger partial charge is 0.263 e. The number of anilines is 1. The van der Waals surface area contributed by atoms with Gasteiger partial charge in [0.1, 0.15) is 0 Å². The molecule has 2 heteroatoms. The van der Waals surface area contributed by atoms with Crippen LogP contribution in [-0.4, -0.2) is 5.91 Å². The molecule has 0 saturated carbocycles. The molecule has 0 unspecified atom stereocenters. The van der Waals surface area contributed by atoms with E-state index in [9.17, 15) is 4.79 Å². The molecule has 0 saturated heterocycles. The van der Waals surface area contributed by atoms with Crippen molar-refractivity contribution in [2.24, 2.45) is 0 Å². The van der Waals surface area contributed by atoms with Crippen LogP contribution >= 0.6 is 0 Å². The number of aryl methyl sites for hydroxylation is 2. The fourth-order valence-electron chi connectivity index (χ4n) is 1.85. The van der Waals surface area contributed by atoms with Crippen molar-refractivity contribution in [1.82, 2.24) is 0 Å². The lowest BCUT2D eigenvalue weighted by molar-refractivity contribution is -0.113. The highest BCUT2D eigenvalue weighted by Crippen LogP contribution is 2.24. The van der Waals surface area contributed by atoms with E-state index in [1.807, 2.05) is 26.0 Å². The lowest BCUT2D eigenvalue weighted by Crippen LogP contribution is -2.28. The number of hydrogen-bond donors (Lipinski definition) is 0. The van der Waals surface area contributed by atoms with Crippen LogP contribution in [-0.2, 0) is 4.79 Å². The molecule has 0 bridgehead atoms. The van der Waals surface area contributed by atoms with Gasteiger partial charge in [-0.25, -0.2) is 0 Å². The van der Waals surface area contributed by atoms with Gasteiger partial charge in [-0.05, 0) is 37.1 Å². The third-order valence-corrected chi connectivity index (χ3v) is 2.43. The van der Waals surface area contributed by atoms with Crippen molar-refractivity contribution < 1.29 is 4.79 Å². The third kappa shape index (κ3) is 1.83. The highest BCUT2D eigenvalue weighted by Gasteiger charge is 2.17. The number of carbonyl (C=O) groups is 1. The summed E-state index contributed by atoms with van der Waals surface area (Å²) in [5.74, 6) is -0.0995. The Morgan fingerprint density at radius 3 is 2.31 bits per heavy atom. The van der Waals surface area contributed by atoms with Crippen LogP contribution in [0.2, 0.25) is 0 Å². The maximum absolute atomic E-state index is 11.8. The van der Waals surface area contributed by atoms with E-state index in [-0.39, 0.29) is 5.91 Å². The van der Waals surface area contributed by atoms with Crippen molar-refractivity contribution in [3.05, 3.63) is 59.5 Å². The average Bonchev–Trinajstić information content (AvgIpc) is 2.15. The maximum Gasteiger partial charge on any atom is 0.263 e. The van der Waals surface area contributed by atoms with Gasteiger partial charge in [0.15, 0.2) is 0 Å². The van der Waals surface area contributed by atoms with Gasteiger partial charge in [0, 0.05) is 23.5 Å². The van der Waals surface area contributed by atoms with E-state index >= 15 is 0 Å². The third-order valence-electron chi connectivity index (χ3n) is 2.43. The Morgan fingerprint density at radius 1 is 1.12 bits per heavy atom. The van der Waals surface area contributed by atoms with Gasteiger partial charge in [-0.3, -0.25) is 9.69 Å². The summed E-state index contributed by atoms with van der Waals surface area (Å²) in [6.07, 6.45) is 3.13. The first-order valence-corrected chi connectivity index (χ1v) is 5.12. The van der Waals surface area contributed by atoms with E-state index in [2.05, 4.69) is 18.4 Å². The number of rotatable bonds is 1. The summed E-state index contributed by atoms with van der Waals surface area (Å²) < 4.78 is 0. The summed E-state index contributed by atoms with van der Waals surface area (Å²) in [7, 11) is 0. The molecule has 0 atom stereocenters. The molecule has 2 nitrogen and oxygen atoms in total. The molecule has 0 N–H and O–H groups in total. The van der Waals surface area contributed by atoms with Crippen LogP contribution in [0.25, 0.3) is 0 Å². The van der Waals surface area contributed by atoms with Gasteiger partial charge >= 0.3 is 0 Å². The molecule has 0 fully saturated rings. The van der Waals surface area contributed by atoms with E-state index in [4.69, 9.17) is 0 Å². The lowest BCUT2D eigenvalue weighted by Gasteiger charge is -2.23. The topological polar surface area (TPSA) is 20.3 Å². The van der Waals surface area contributed by atoms with Crippen molar-refractivity contribution in [1.29, 1.82) is 0 Å². The van der Waals surface area contributed by atoms with Gasteiger partial charge in [0.05, 0.1) is 0 Å². The fourth-order valence-corrected chi connectivity index (χ4v) is 1.85. The van der Waals surface area contributed by atoms with E-state index in [0.717, 1.165) is 16.8 Å². The predicted octanol–water partition coefficient (Wildman–Crippen LogP) is 2.88. The second-order valence-corrected chi connectivity index (χ2v) is 3.97. The number of allylic oxidation sites excluding steroid dienone is 1. The molecule has 16 heavy (non-hydrogen) atoms. The minimum atomic E-state index is -0.0995. The molecule has 0 radical (unpaired) electrons. The molecule has 1 aromatic carbocycles. The zero-order chi connectivity index (χ0) is 11.7. The lowest BCUT2D eigenvalue weighted by atomic mass is 10.1. The zero-order valence-corrected chi connectivity index (χ0v) is 9.45. The number of hydrogen-bond acceptors (Lipinski definition) is 1. The molecule has 0 spiro atoms. The molecule has 1 aliphatic rings. The first-order valence-electron chi connectivity index (χ1n) is 5.12. The largest absolute Gasteiger partial charge is 0.277 e. The van der Waals surface area contributed by atoms with Crippen LogP contribution in [0.5, 0.6) is 0 Å². The van der Waals surface area contributed by atoms with Crippen LogP contribution in [0, 0.1) is 13.8 Å². The van der Waals surface area contributed by atoms with Gasteiger partial charge in [0.2, 0.25) is 0 Å². The summed E-state index contributed by atoms with van der Waals surface area (Å²) in [6.45, 7) is 7.88. The van der Waals surface area contributed by atoms with Gasteiger partial charge < -0.3 is 0 Å². The van der Waals surface area contributed by atoms with Crippen molar-refractivity contribution in [2.45, 2.75) is 13.8 Å². The van der Waals surface area contributed by atoms with Gasteiger partial charge in [0.25, 0.3) is 5.91 Å². The van der Waals surface area contributed by atoms with Crippen LogP contribution in [0.15, 0.2) is 48.4 Å². The van der Waals surface area contributed by atoms with E-state index in [0.29, 0.717) is 5.70 Å². The second kappa shape index (κ2) is 3.84. The Hall–Kier alpha value is -2.05. The van der Waals surface area contributed by atoms with Crippen LogP contribution < -0.4 is 4.90 Å². The van der Waals surface area contributed by atoms with Gasteiger partial charge in [-0.2, -0.15) is 0 Å². The Labute approximate surface area is 95.2 Å². The molecule has 0 aromatic heterocycles. The van der Waals surface area contributed by atoms with Crippen molar-refractivity contribution in [3.63, 3.8) is 0 Å². The van der Waals surface area contributed by atoms with E-state index in [1.54, 1.807) is 11.0 Å². The zero-order valence-electron chi connectivity index (χ0n) is 9.45. The van der Waals surface area contributed by atoms with Crippen molar-refractivity contribution in [3.8, 4) is 0 Å². The van der Waals surface area contributed by atoms with Crippen LogP contribution in [0.3, 0.4) is 0 Å². The Balaban J connectivity index is 2.49. The van der Waals surface area contributed by atoms with Crippen LogP contribution in [0.4, 0.5) is 5.69 Å². The predicted molar refractivity (Wildman–Crippen MR) is 65.2 cm³/mol. The monoisotopic (exact) mass is 211 g/mol. The molecular weight excluding hydrogens is 198 g/mol. The average molecular weight is 211 g/mol. The summed E-state index contributed by atoms with van der Waals surface area (Å²) in [6, 6.07) is 6.03. The maximum atomic E-state index is 11.8. The highest BCUT2D eigenvalue weighted by atomic mass is 16.2. The number of benzene rings is 1. The highest BCUT2D eigenvalue weighted by molar-refractivity contribution is 6.05. The van der Waals surface area contributed by atoms with Crippen molar-refractivity contribution in [2.75, 3.05) is 4.90 Å². The molecule has 0 aliphatic carbocycles. The van der Waals surface area contributed by atoms with E-state index in [1.165, 1.54) is 6.08 Å². The molecule has 1 aliphatic heterocycles. The van der Waals surface area contributed by atoms with Gasteiger partial charge in [-0.15, -0.1) is 5.73 Å². The second-order valence-electron chi connectivity index (χ2n) is 3.97. The van der Waals surface area contributed by atoms with Crippen molar-refractivity contribution >= 4 is 11.6 Å². The molecular formula is C14H13NO. The van der Waals surface area contributed by atoms with E-state index < -0.39 is 0 Å². The van der Waals surface area contributed by atoms with Crippen LogP contribution in [0.1, 0.15) is 11.1 Å². The molecule has 1 amide bonds.